The first kappa shape index (κ1) is 17.1. The van der Waals surface area contributed by atoms with Gasteiger partial charge in [0.2, 0.25) is 0 Å². The molecule has 3 aromatic heterocycles. The van der Waals surface area contributed by atoms with Gasteiger partial charge in [-0.1, -0.05) is 12.1 Å². The second-order valence-corrected chi connectivity index (χ2v) is 6.43. The molecule has 0 saturated heterocycles. The van der Waals surface area contributed by atoms with Gasteiger partial charge in [-0.05, 0) is 32.9 Å². The molecule has 1 N–H and O–H groups in total. The number of benzene rings is 1. The summed E-state index contributed by atoms with van der Waals surface area (Å²) in [5.74, 6) is 0.737. The van der Waals surface area contributed by atoms with Crippen molar-refractivity contribution in [3.8, 4) is 28.3 Å². The Morgan fingerprint density at radius 3 is 2.67 bits per heavy atom. The van der Waals surface area contributed by atoms with E-state index in [-0.39, 0.29) is 5.56 Å². The smallest absolute Gasteiger partial charge is 0.273 e. The molecule has 0 saturated carbocycles. The van der Waals surface area contributed by atoms with Crippen molar-refractivity contribution in [3.63, 3.8) is 0 Å². The van der Waals surface area contributed by atoms with E-state index in [1.807, 2.05) is 55.9 Å². The fraction of sp³-hybridized carbons (Fsp3) is 0.250. The molecular weight excluding hydrogens is 342 g/mol. The number of methoxy groups -OCH3 is 1. The Labute approximate surface area is 156 Å². The molecule has 0 amide bonds. The van der Waals surface area contributed by atoms with Crippen LogP contribution in [0.5, 0.6) is 5.75 Å². The molecular formula is C20H21N5O2. The van der Waals surface area contributed by atoms with Gasteiger partial charge in [0.15, 0.2) is 5.65 Å². The first-order chi connectivity index (χ1) is 13.0. The van der Waals surface area contributed by atoms with Crippen LogP contribution in [0.2, 0.25) is 0 Å². The van der Waals surface area contributed by atoms with Crippen LogP contribution in [0, 0.1) is 13.8 Å². The Morgan fingerprint density at radius 1 is 1.19 bits per heavy atom. The zero-order valence-corrected chi connectivity index (χ0v) is 15.8. The molecule has 0 atom stereocenters. The van der Waals surface area contributed by atoms with E-state index in [1.165, 1.54) is 4.52 Å². The Bertz CT molecular complexity index is 1200. The summed E-state index contributed by atoms with van der Waals surface area (Å²) in [6.45, 7) is 6.67. The third kappa shape index (κ3) is 2.71. The van der Waals surface area contributed by atoms with E-state index in [2.05, 4.69) is 10.2 Å². The van der Waals surface area contributed by atoms with Crippen LogP contribution in [-0.4, -0.2) is 31.5 Å². The molecule has 4 aromatic rings. The molecule has 0 aliphatic heterocycles. The van der Waals surface area contributed by atoms with Crippen LogP contribution in [0.25, 0.3) is 28.2 Å². The Morgan fingerprint density at radius 2 is 1.96 bits per heavy atom. The van der Waals surface area contributed by atoms with E-state index in [9.17, 15) is 4.79 Å². The molecule has 1 aromatic carbocycles. The van der Waals surface area contributed by atoms with Gasteiger partial charge in [-0.15, -0.1) is 0 Å². The van der Waals surface area contributed by atoms with Crippen LogP contribution >= 0.6 is 0 Å². The van der Waals surface area contributed by atoms with Crippen molar-refractivity contribution in [2.75, 3.05) is 7.11 Å². The number of H-pyrrole nitrogens is 1. The lowest BCUT2D eigenvalue weighted by atomic mass is 10.1. The lowest BCUT2D eigenvalue weighted by Gasteiger charge is -2.06. The number of fused-ring (bicyclic) bond motifs is 1. The standard InChI is InChI=1S/C20H21N5O2/c1-5-24-11-15(13(3)22-24)16-10-18(26)25-20(21-16)12(2)19(23-25)14-8-6-7-9-17(14)27-4/h6-11,23H,5H2,1-4H3. The SMILES string of the molecule is CCn1cc(-c2cc(=O)n3[nH]c(-c4ccccc4OC)c(C)c3n2)c(C)n1. The lowest BCUT2D eigenvalue weighted by molar-refractivity contribution is 0.416. The van der Waals surface area contributed by atoms with E-state index in [0.717, 1.165) is 40.4 Å². The van der Waals surface area contributed by atoms with Crippen molar-refractivity contribution in [3.05, 3.63) is 58.1 Å². The number of aryl methyl sites for hydroxylation is 3. The molecule has 138 valence electrons. The van der Waals surface area contributed by atoms with Gasteiger partial charge in [0, 0.05) is 35.5 Å². The maximum atomic E-state index is 12.7. The second kappa shape index (κ2) is 6.42. The largest absolute Gasteiger partial charge is 0.496 e. The number of aromatic amines is 1. The first-order valence-corrected chi connectivity index (χ1v) is 8.83. The van der Waals surface area contributed by atoms with Crippen molar-refractivity contribution in [2.24, 2.45) is 0 Å². The summed E-state index contributed by atoms with van der Waals surface area (Å²) in [5.41, 5.74) is 5.38. The molecule has 7 nitrogen and oxygen atoms in total. The number of hydrogen-bond acceptors (Lipinski definition) is 4. The lowest BCUT2D eigenvalue weighted by Crippen LogP contribution is -2.14. The first-order valence-electron chi connectivity index (χ1n) is 8.83. The molecule has 7 heteroatoms. The van der Waals surface area contributed by atoms with Crippen molar-refractivity contribution in [1.82, 2.24) is 24.4 Å². The normalized spacial score (nSPS) is 11.3. The van der Waals surface area contributed by atoms with Crippen molar-refractivity contribution >= 4 is 5.65 Å². The maximum Gasteiger partial charge on any atom is 0.273 e. The predicted molar refractivity (Wildman–Crippen MR) is 104 cm³/mol. The van der Waals surface area contributed by atoms with Gasteiger partial charge in [-0.2, -0.15) is 5.10 Å². The second-order valence-electron chi connectivity index (χ2n) is 6.43. The number of rotatable bonds is 4. The summed E-state index contributed by atoms with van der Waals surface area (Å²) in [4.78, 5) is 17.5. The van der Waals surface area contributed by atoms with E-state index in [4.69, 9.17) is 9.72 Å². The van der Waals surface area contributed by atoms with Gasteiger partial charge >= 0.3 is 0 Å². The Balaban J connectivity index is 1.95. The highest BCUT2D eigenvalue weighted by molar-refractivity contribution is 5.76. The van der Waals surface area contributed by atoms with Crippen LogP contribution in [0.3, 0.4) is 0 Å². The summed E-state index contributed by atoms with van der Waals surface area (Å²) >= 11 is 0. The predicted octanol–water partition coefficient (Wildman–Crippen LogP) is 3.20. The summed E-state index contributed by atoms with van der Waals surface area (Å²) in [7, 11) is 1.63. The van der Waals surface area contributed by atoms with E-state index in [1.54, 1.807) is 13.2 Å². The zero-order valence-electron chi connectivity index (χ0n) is 15.8. The number of ether oxygens (including phenoxy) is 1. The van der Waals surface area contributed by atoms with Crippen molar-refractivity contribution in [1.29, 1.82) is 0 Å². The number of para-hydroxylation sites is 1. The molecule has 4 rings (SSSR count). The highest BCUT2D eigenvalue weighted by atomic mass is 16.5. The molecule has 0 aliphatic rings. The zero-order chi connectivity index (χ0) is 19.1. The third-order valence-corrected chi connectivity index (χ3v) is 4.78. The van der Waals surface area contributed by atoms with Gasteiger partial charge in [-0.3, -0.25) is 14.6 Å². The summed E-state index contributed by atoms with van der Waals surface area (Å²) in [5, 5.41) is 7.63. The molecule has 0 spiro atoms. The van der Waals surface area contributed by atoms with Gasteiger partial charge in [-0.25, -0.2) is 9.50 Å². The Hall–Kier alpha value is -3.35. The molecule has 0 bridgehead atoms. The summed E-state index contributed by atoms with van der Waals surface area (Å²) in [6, 6.07) is 9.24. The average molecular weight is 363 g/mol. The third-order valence-electron chi connectivity index (χ3n) is 4.78. The highest BCUT2D eigenvalue weighted by Gasteiger charge is 2.18. The highest BCUT2D eigenvalue weighted by Crippen LogP contribution is 2.32. The average Bonchev–Trinajstić information content (AvgIpc) is 3.22. The quantitative estimate of drug-likeness (QED) is 0.604. The topological polar surface area (TPSA) is 77.2 Å². The monoisotopic (exact) mass is 363 g/mol. The number of aromatic nitrogens is 5. The minimum absolute atomic E-state index is 0.164. The molecule has 3 heterocycles. The van der Waals surface area contributed by atoms with Crippen LogP contribution in [-0.2, 0) is 6.54 Å². The number of nitrogens with zero attached hydrogens (tertiary/aromatic N) is 4. The van der Waals surface area contributed by atoms with E-state index < -0.39 is 0 Å². The molecule has 0 radical (unpaired) electrons. The van der Waals surface area contributed by atoms with Gasteiger partial charge < -0.3 is 4.74 Å². The van der Waals surface area contributed by atoms with Crippen LogP contribution < -0.4 is 10.3 Å². The molecule has 0 aliphatic carbocycles. The number of nitrogens with one attached hydrogen (secondary N) is 1. The summed E-state index contributed by atoms with van der Waals surface area (Å²) < 4.78 is 8.78. The number of hydrogen-bond donors (Lipinski definition) is 1. The van der Waals surface area contributed by atoms with Gasteiger partial charge in [0.1, 0.15) is 5.75 Å². The van der Waals surface area contributed by atoms with Crippen LogP contribution in [0.15, 0.2) is 41.3 Å². The molecule has 0 unspecified atom stereocenters. The fourth-order valence-corrected chi connectivity index (χ4v) is 3.33. The van der Waals surface area contributed by atoms with E-state index in [0.29, 0.717) is 11.3 Å². The fourth-order valence-electron chi connectivity index (χ4n) is 3.33. The van der Waals surface area contributed by atoms with Gasteiger partial charge in [0.05, 0.1) is 24.2 Å². The minimum atomic E-state index is -0.164. The van der Waals surface area contributed by atoms with Gasteiger partial charge in [0.25, 0.3) is 5.56 Å². The van der Waals surface area contributed by atoms with Crippen LogP contribution in [0.4, 0.5) is 0 Å². The van der Waals surface area contributed by atoms with Crippen molar-refractivity contribution in [2.45, 2.75) is 27.3 Å². The molecule has 0 fully saturated rings. The van der Waals surface area contributed by atoms with Crippen LogP contribution in [0.1, 0.15) is 18.2 Å². The van der Waals surface area contributed by atoms with Crippen molar-refractivity contribution < 1.29 is 4.74 Å². The summed E-state index contributed by atoms with van der Waals surface area (Å²) in [6.07, 6.45) is 1.93. The van der Waals surface area contributed by atoms with E-state index >= 15 is 0 Å². The maximum absolute atomic E-state index is 12.7. The molecule has 27 heavy (non-hydrogen) atoms. The Kier molecular flexibility index (Phi) is 4.07. The minimum Gasteiger partial charge on any atom is -0.496 e.